The molecule has 0 bridgehead atoms. The third-order valence-electron chi connectivity index (χ3n) is 2.67. The Hall–Kier alpha value is -0.820. The summed E-state index contributed by atoms with van der Waals surface area (Å²) >= 11 is 0. The summed E-state index contributed by atoms with van der Waals surface area (Å²) in [6.07, 6.45) is 3.78. The van der Waals surface area contributed by atoms with Crippen molar-refractivity contribution in [3.05, 3.63) is 34.9 Å². The monoisotopic (exact) mass is 161 g/mol. The molecule has 0 saturated carbocycles. The summed E-state index contributed by atoms with van der Waals surface area (Å²) in [5.41, 5.74) is 10.3. The fraction of sp³-hybridized carbons (Fsp3) is 0.455. The average Bonchev–Trinajstić information content (AvgIpc) is 2.49. The van der Waals surface area contributed by atoms with Gasteiger partial charge in [-0.25, -0.2) is 0 Å². The van der Waals surface area contributed by atoms with Gasteiger partial charge in [-0.2, -0.15) is 0 Å². The number of hydrogen-bond donors (Lipinski definition) is 1. The lowest BCUT2D eigenvalue weighted by atomic mass is 9.99. The van der Waals surface area contributed by atoms with Crippen molar-refractivity contribution in [1.29, 1.82) is 0 Å². The van der Waals surface area contributed by atoms with Crippen molar-refractivity contribution in [2.24, 2.45) is 5.73 Å². The summed E-state index contributed by atoms with van der Waals surface area (Å²) in [6.45, 7) is 2.06. The summed E-state index contributed by atoms with van der Waals surface area (Å²) in [6, 6.07) is 6.71. The minimum Gasteiger partial charge on any atom is -0.324 e. The van der Waals surface area contributed by atoms with E-state index in [0.29, 0.717) is 0 Å². The van der Waals surface area contributed by atoms with E-state index in [1.54, 1.807) is 0 Å². The van der Waals surface area contributed by atoms with Crippen LogP contribution in [0.4, 0.5) is 0 Å². The third kappa shape index (κ3) is 1.14. The highest BCUT2D eigenvalue weighted by molar-refractivity contribution is 5.39. The predicted molar refractivity (Wildman–Crippen MR) is 51.1 cm³/mol. The Morgan fingerprint density at radius 2 is 2.17 bits per heavy atom. The summed E-state index contributed by atoms with van der Waals surface area (Å²) in [7, 11) is 0. The van der Waals surface area contributed by atoms with Gasteiger partial charge < -0.3 is 5.73 Å². The standard InChI is InChI=1S/C11H15N/c1-8(12)10-6-2-4-9-5-3-7-11(9)10/h2,4,6,8H,3,5,7,12H2,1H3/t8-/m0/s1. The van der Waals surface area contributed by atoms with Gasteiger partial charge in [-0.3, -0.25) is 0 Å². The van der Waals surface area contributed by atoms with Crippen molar-refractivity contribution >= 4 is 0 Å². The van der Waals surface area contributed by atoms with Crippen LogP contribution in [0.25, 0.3) is 0 Å². The van der Waals surface area contributed by atoms with Crippen LogP contribution < -0.4 is 5.73 Å². The molecular weight excluding hydrogens is 146 g/mol. The predicted octanol–water partition coefficient (Wildman–Crippen LogP) is 2.20. The summed E-state index contributed by atoms with van der Waals surface area (Å²) < 4.78 is 0. The maximum atomic E-state index is 5.89. The molecule has 0 fully saturated rings. The molecule has 2 rings (SSSR count). The fourth-order valence-electron chi connectivity index (χ4n) is 2.08. The molecule has 2 N–H and O–H groups in total. The van der Waals surface area contributed by atoms with Gasteiger partial charge in [-0.1, -0.05) is 18.2 Å². The largest absolute Gasteiger partial charge is 0.324 e. The van der Waals surface area contributed by atoms with Gasteiger partial charge in [-0.15, -0.1) is 0 Å². The molecule has 0 saturated heterocycles. The van der Waals surface area contributed by atoms with Crippen molar-refractivity contribution in [3.8, 4) is 0 Å². The van der Waals surface area contributed by atoms with E-state index in [1.807, 2.05) is 0 Å². The van der Waals surface area contributed by atoms with E-state index in [4.69, 9.17) is 5.73 Å². The lowest BCUT2D eigenvalue weighted by Crippen LogP contribution is -2.07. The van der Waals surface area contributed by atoms with Gasteiger partial charge in [0.25, 0.3) is 0 Å². The molecule has 1 nitrogen and oxygen atoms in total. The van der Waals surface area contributed by atoms with E-state index in [0.717, 1.165) is 0 Å². The average molecular weight is 161 g/mol. The molecule has 0 aromatic heterocycles. The number of rotatable bonds is 1. The molecule has 0 aliphatic heterocycles. The van der Waals surface area contributed by atoms with Gasteiger partial charge in [0.15, 0.2) is 0 Å². The number of benzene rings is 1. The van der Waals surface area contributed by atoms with Gasteiger partial charge in [0, 0.05) is 6.04 Å². The second-order valence-corrected chi connectivity index (χ2v) is 3.63. The lowest BCUT2D eigenvalue weighted by molar-refractivity contribution is 0.799. The first kappa shape index (κ1) is 7.81. The van der Waals surface area contributed by atoms with Crippen molar-refractivity contribution in [2.75, 3.05) is 0 Å². The normalized spacial score (nSPS) is 17.5. The molecule has 0 radical (unpaired) electrons. The van der Waals surface area contributed by atoms with Gasteiger partial charge in [0.2, 0.25) is 0 Å². The van der Waals surface area contributed by atoms with Crippen molar-refractivity contribution in [1.82, 2.24) is 0 Å². The number of aryl methyl sites for hydroxylation is 1. The Bertz CT molecular complexity index is 289. The van der Waals surface area contributed by atoms with E-state index in [-0.39, 0.29) is 6.04 Å². The van der Waals surface area contributed by atoms with Crippen molar-refractivity contribution < 1.29 is 0 Å². The van der Waals surface area contributed by atoms with Gasteiger partial charge in [0.05, 0.1) is 0 Å². The molecule has 1 aromatic carbocycles. The minimum atomic E-state index is 0.193. The minimum absolute atomic E-state index is 0.193. The first-order chi connectivity index (χ1) is 5.79. The molecule has 12 heavy (non-hydrogen) atoms. The van der Waals surface area contributed by atoms with Crippen LogP contribution in [0.1, 0.15) is 36.1 Å². The zero-order valence-electron chi connectivity index (χ0n) is 7.51. The quantitative estimate of drug-likeness (QED) is 0.671. The topological polar surface area (TPSA) is 26.0 Å². The molecule has 1 heteroatoms. The van der Waals surface area contributed by atoms with E-state index < -0.39 is 0 Å². The van der Waals surface area contributed by atoms with E-state index in [2.05, 4.69) is 25.1 Å². The Labute approximate surface area is 73.6 Å². The second-order valence-electron chi connectivity index (χ2n) is 3.63. The van der Waals surface area contributed by atoms with E-state index >= 15 is 0 Å². The lowest BCUT2D eigenvalue weighted by Gasteiger charge is -2.10. The zero-order chi connectivity index (χ0) is 8.55. The summed E-state index contributed by atoms with van der Waals surface area (Å²) in [5.74, 6) is 0. The SMILES string of the molecule is C[C@H](N)c1cccc2c1CCC2. The number of fused-ring (bicyclic) bond motifs is 1. The van der Waals surface area contributed by atoms with Crippen LogP contribution in [0.5, 0.6) is 0 Å². The van der Waals surface area contributed by atoms with Crippen LogP contribution in [0.3, 0.4) is 0 Å². The van der Waals surface area contributed by atoms with Crippen molar-refractivity contribution in [3.63, 3.8) is 0 Å². The molecular formula is C11H15N. The Kier molecular flexibility index (Phi) is 1.89. The summed E-state index contributed by atoms with van der Waals surface area (Å²) in [5, 5.41) is 0. The number of nitrogens with two attached hydrogens (primary N) is 1. The molecule has 1 aliphatic rings. The van der Waals surface area contributed by atoms with E-state index in [1.165, 1.54) is 36.0 Å². The van der Waals surface area contributed by atoms with Crippen LogP contribution in [0, 0.1) is 0 Å². The van der Waals surface area contributed by atoms with Gasteiger partial charge in [-0.05, 0) is 42.9 Å². The maximum Gasteiger partial charge on any atom is 0.0268 e. The van der Waals surface area contributed by atoms with Crippen molar-refractivity contribution in [2.45, 2.75) is 32.2 Å². The third-order valence-corrected chi connectivity index (χ3v) is 2.67. The second kappa shape index (κ2) is 2.91. The molecule has 64 valence electrons. The van der Waals surface area contributed by atoms with Gasteiger partial charge >= 0.3 is 0 Å². The fourth-order valence-corrected chi connectivity index (χ4v) is 2.08. The molecule has 0 spiro atoms. The molecule has 1 aromatic rings. The van der Waals surface area contributed by atoms with Gasteiger partial charge in [0.1, 0.15) is 0 Å². The summed E-state index contributed by atoms with van der Waals surface area (Å²) in [4.78, 5) is 0. The molecule has 0 unspecified atom stereocenters. The van der Waals surface area contributed by atoms with Crippen LogP contribution in [-0.4, -0.2) is 0 Å². The zero-order valence-corrected chi connectivity index (χ0v) is 7.51. The molecule has 1 atom stereocenters. The number of hydrogen-bond acceptors (Lipinski definition) is 1. The van der Waals surface area contributed by atoms with Crippen LogP contribution in [-0.2, 0) is 12.8 Å². The Morgan fingerprint density at radius 1 is 1.33 bits per heavy atom. The maximum absolute atomic E-state index is 5.89. The smallest absolute Gasteiger partial charge is 0.0268 e. The van der Waals surface area contributed by atoms with Crippen LogP contribution >= 0.6 is 0 Å². The van der Waals surface area contributed by atoms with E-state index in [9.17, 15) is 0 Å². The molecule has 1 aliphatic carbocycles. The Morgan fingerprint density at radius 3 is 2.92 bits per heavy atom. The van der Waals surface area contributed by atoms with Crippen LogP contribution in [0.2, 0.25) is 0 Å². The first-order valence-corrected chi connectivity index (χ1v) is 4.65. The molecule has 0 heterocycles. The highest BCUT2D eigenvalue weighted by Gasteiger charge is 2.15. The highest BCUT2D eigenvalue weighted by Crippen LogP contribution is 2.27. The molecule has 0 amide bonds. The van der Waals surface area contributed by atoms with Crippen LogP contribution in [0.15, 0.2) is 18.2 Å². The highest BCUT2D eigenvalue weighted by atomic mass is 14.6. The first-order valence-electron chi connectivity index (χ1n) is 4.65. The Balaban J connectivity index is 2.49.